The lowest BCUT2D eigenvalue weighted by Crippen LogP contribution is -2.38. The molecule has 0 atom stereocenters. The van der Waals surface area contributed by atoms with Gasteiger partial charge in [-0.15, -0.1) is 0 Å². The Hall–Kier alpha value is -2.97. The minimum Gasteiger partial charge on any atom is -0.490 e. The van der Waals surface area contributed by atoms with Gasteiger partial charge in [-0.3, -0.25) is 9.36 Å². The van der Waals surface area contributed by atoms with E-state index in [-0.39, 0.29) is 25.0 Å². The van der Waals surface area contributed by atoms with Gasteiger partial charge in [-0.25, -0.2) is 9.97 Å². The molecule has 3 aromatic rings. The van der Waals surface area contributed by atoms with E-state index < -0.39 is 0 Å². The summed E-state index contributed by atoms with van der Waals surface area (Å²) < 4.78 is 12.5. The van der Waals surface area contributed by atoms with E-state index in [4.69, 9.17) is 14.6 Å². The maximum absolute atomic E-state index is 12.1. The van der Waals surface area contributed by atoms with Crippen LogP contribution < -0.4 is 10.1 Å². The van der Waals surface area contributed by atoms with Crippen LogP contribution in [0.1, 0.15) is 0 Å². The predicted octanol–water partition coefficient (Wildman–Crippen LogP) is 1.38. The molecule has 2 N–H and O–H groups in total. The second kappa shape index (κ2) is 7.11. The highest BCUT2D eigenvalue weighted by Gasteiger charge is 2.26. The molecular formula is C18H18N4O4. The van der Waals surface area contributed by atoms with Gasteiger partial charge in [0.2, 0.25) is 5.91 Å². The number of aliphatic hydroxyl groups excluding tert-OH is 1. The zero-order valence-electron chi connectivity index (χ0n) is 14.0. The molecule has 134 valence electrons. The minimum absolute atomic E-state index is 0.0589. The van der Waals surface area contributed by atoms with Crippen molar-refractivity contribution in [2.45, 2.75) is 0 Å². The molecule has 1 aliphatic rings. The van der Waals surface area contributed by atoms with Crippen molar-refractivity contribution < 1.29 is 19.4 Å². The Morgan fingerprint density at radius 3 is 2.96 bits per heavy atom. The van der Waals surface area contributed by atoms with Gasteiger partial charge in [0, 0.05) is 29.5 Å². The van der Waals surface area contributed by atoms with Gasteiger partial charge in [-0.2, -0.15) is 0 Å². The molecule has 1 aromatic carbocycles. The number of carbonyl (C=O) groups is 1. The van der Waals surface area contributed by atoms with Gasteiger partial charge in [0.05, 0.1) is 31.3 Å². The summed E-state index contributed by atoms with van der Waals surface area (Å²) in [5.41, 5.74) is 1.38. The van der Waals surface area contributed by atoms with Crippen molar-refractivity contribution in [3.8, 4) is 11.6 Å². The van der Waals surface area contributed by atoms with Crippen LogP contribution >= 0.6 is 0 Å². The number of amides is 1. The number of aromatic nitrogens is 3. The average Bonchev–Trinajstić information content (AvgIpc) is 3.12. The molecule has 1 amide bonds. The van der Waals surface area contributed by atoms with E-state index in [2.05, 4.69) is 15.3 Å². The van der Waals surface area contributed by atoms with Crippen molar-refractivity contribution in [2.24, 2.45) is 5.92 Å². The number of hydrogen-bond acceptors (Lipinski definition) is 6. The van der Waals surface area contributed by atoms with Gasteiger partial charge in [-0.05, 0) is 18.2 Å². The number of aliphatic hydroxyl groups is 1. The molecule has 0 aliphatic carbocycles. The first-order chi connectivity index (χ1) is 12.7. The summed E-state index contributed by atoms with van der Waals surface area (Å²) in [5.74, 6) is 1.08. The topological polar surface area (TPSA) is 98.5 Å². The number of nitrogens with one attached hydrogen (secondary N) is 1. The molecule has 3 heterocycles. The number of ether oxygens (including phenoxy) is 2. The lowest BCUT2D eigenvalue weighted by molar-refractivity contribution is -0.133. The zero-order chi connectivity index (χ0) is 17.9. The molecule has 8 nitrogen and oxygen atoms in total. The largest absolute Gasteiger partial charge is 0.490 e. The third kappa shape index (κ3) is 3.24. The Morgan fingerprint density at radius 1 is 1.38 bits per heavy atom. The Morgan fingerprint density at radius 2 is 2.27 bits per heavy atom. The van der Waals surface area contributed by atoms with E-state index in [9.17, 15) is 4.79 Å². The molecule has 0 spiro atoms. The molecule has 0 bridgehead atoms. The van der Waals surface area contributed by atoms with Crippen LogP contribution in [0.15, 0.2) is 43.0 Å². The van der Waals surface area contributed by atoms with Crippen LogP contribution in [0.25, 0.3) is 16.7 Å². The van der Waals surface area contributed by atoms with Gasteiger partial charge in [0.25, 0.3) is 0 Å². The Kier molecular flexibility index (Phi) is 4.51. The lowest BCUT2D eigenvalue weighted by Gasteiger charge is -2.24. The first-order valence-electron chi connectivity index (χ1n) is 8.30. The number of hydrogen-bond donors (Lipinski definition) is 2. The molecular weight excluding hydrogens is 336 g/mol. The first kappa shape index (κ1) is 16.5. The Bertz CT molecular complexity index is 922. The van der Waals surface area contributed by atoms with Crippen LogP contribution in [-0.4, -0.2) is 52.0 Å². The van der Waals surface area contributed by atoms with Gasteiger partial charge in [0.15, 0.2) is 0 Å². The SMILES string of the molecule is O=C(Nc1ccc2nc(-n3ccnc3)cc(OCCO)c2c1)C1COC1. The lowest BCUT2D eigenvalue weighted by atomic mass is 10.1. The number of nitrogens with zero attached hydrogens (tertiary/aromatic N) is 3. The van der Waals surface area contributed by atoms with Gasteiger partial charge in [0.1, 0.15) is 24.5 Å². The van der Waals surface area contributed by atoms with Crippen molar-refractivity contribution in [1.82, 2.24) is 14.5 Å². The second-order valence-electron chi connectivity index (χ2n) is 5.98. The van der Waals surface area contributed by atoms with Crippen molar-refractivity contribution >= 4 is 22.5 Å². The molecule has 1 fully saturated rings. The minimum atomic E-state index is -0.0995. The van der Waals surface area contributed by atoms with Gasteiger partial charge >= 0.3 is 0 Å². The van der Waals surface area contributed by atoms with Crippen molar-refractivity contribution in [3.63, 3.8) is 0 Å². The monoisotopic (exact) mass is 354 g/mol. The smallest absolute Gasteiger partial charge is 0.232 e. The number of pyridine rings is 1. The quantitative estimate of drug-likeness (QED) is 0.694. The van der Waals surface area contributed by atoms with Crippen molar-refractivity contribution in [3.05, 3.63) is 43.0 Å². The van der Waals surface area contributed by atoms with E-state index >= 15 is 0 Å². The summed E-state index contributed by atoms with van der Waals surface area (Å²) in [6.45, 7) is 0.987. The highest BCUT2D eigenvalue weighted by atomic mass is 16.5. The maximum Gasteiger partial charge on any atom is 0.232 e. The summed E-state index contributed by atoms with van der Waals surface area (Å²) in [6, 6.07) is 7.24. The van der Waals surface area contributed by atoms with Crippen LogP contribution in [0.3, 0.4) is 0 Å². The zero-order valence-corrected chi connectivity index (χ0v) is 14.0. The molecule has 0 radical (unpaired) electrons. The van der Waals surface area contributed by atoms with E-state index in [0.29, 0.717) is 36.0 Å². The van der Waals surface area contributed by atoms with Gasteiger partial charge < -0.3 is 19.9 Å². The molecule has 8 heteroatoms. The fourth-order valence-corrected chi connectivity index (χ4v) is 2.69. The third-order valence-electron chi connectivity index (χ3n) is 4.15. The van der Waals surface area contributed by atoms with E-state index in [1.807, 2.05) is 12.1 Å². The maximum atomic E-state index is 12.1. The van der Waals surface area contributed by atoms with Crippen LogP contribution in [0.2, 0.25) is 0 Å². The molecule has 0 saturated carbocycles. The summed E-state index contributed by atoms with van der Waals surface area (Å²) in [4.78, 5) is 20.8. The summed E-state index contributed by atoms with van der Waals surface area (Å²) >= 11 is 0. The Balaban J connectivity index is 1.70. The number of imidazole rings is 1. The number of rotatable bonds is 6. The first-order valence-corrected chi connectivity index (χ1v) is 8.30. The van der Waals surface area contributed by atoms with Crippen LogP contribution in [0, 0.1) is 5.92 Å². The number of fused-ring (bicyclic) bond motifs is 1. The van der Waals surface area contributed by atoms with Crippen LogP contribution in [0.5, 0.6) is 5.75 Å². The fourth-order valence-electron chi connectivity index (χ4n) is 2.69. The molecule has 1 aliphatic heterocycles. The second-order valence-corrected chi connectivity index (χ2v) is 5.98. The molecule has 2 aromatic heterocycles. The van der Waals surface area contributed by atoms with Crippen LogP contribution in [0.4, 0.5) is 5.69 Å². The molecule has 1 saturated heterocycles. The van der Waals surface area contributed by atoms with E-state index in [1.165, 1.54) is 0 Å². The van der Waals surface area contributed by atoms with E-state index in [0.717, 1.165) is 5.39 Å². The third-order valence-corrected chi connectivity index (χ3v) is 4.15. The van der Waals surface area contributed by atoms with E-state index in [1.54, 1.807) is 35.4 Å². The fraction of sp³-hybridized carbons (Fsp3) is 0.278. The summed E-state index contributed by atoms with van der Waals surface area (Å²) in [5, 5.41) is 12.7. The molecule has 0 unspecified atom stereocenters. The number of carbonyl (C=O) groups excluding carboxylic acids is 1. The Labute approximate surface area is 149 Å². The van der Waals surface area contributed by atoms with Crippen molar-refractivity contribution in [1.29, 1.82) is 0 Å². The number of anilines is 1. The molecule has 4 rings (SSSR count). The standard InChI is InChI=1S/C18H18N4O4/c23-5-6-26-16-8-17(22-4-3-19-11-22)21-15-2-1-13(7-14(15)16)20-18(24)12-9-25-10-12/h1-4,7-8,11-12,23H,5-6,9-10H2,(H,20,24). The van der Waals surface area contributed by atoms with Gasteiger partial charge in [-0.1, -0.05) is 0 Å². The summed E-state index contributed by atoms with van der Waals surface area (Å²) in [7, 11) is 0. The average molecular weight is 354 g/mol. The predicted molar refractivity (Wildman–Crippen MR) is 94.4 cm³/mol. The number of benzene rings is 1. The normalized spacial score (nSPS) is 14.2. The highest BCUT2D eigenvalue weighted by Crippen LogP contribution is 2.30. The van der Waals surface area contributed by atoms with Crippen LogP contribution in [-0.2, 0) is 9.53 Å². The van der Waals surface area contributed by atoms with Crippen molar-refractivity contribution in [2.75, 3.05) is 31.7 Å². The highest BCUT2D eigenvalue weighted by molar-refractivity contribution is 5.96. The summed E-state index contributed by atoms with van der Waals surface area (Å²) in [6.07, 6.45) is 5.11. The molecule has 26 heavy (non-hydrogen) atoms.